The lowest BCUT2D eigenvalue weighted by atomic mass is 10.3. The molecule has 0 heterocycles. The van der Waals surface area contributed by atoms with Crippen molar-refractivity contribution in [3.63, 3.8) is 0 Å². The van der Waals surface area contributed by atoms with Crippen molar-refractivity contribution < 1.29 is 24.9 Å². The summed E-state index contributed by atoms with van der Waals surface area (Å²) in [5.41, 5.74) is 0. The lowest BCUT2D eigenvalue weighted by Crippen LogP contribution is -2.01. The van der Waals surface area contributed by atoms with Crippen LogP contribution in [0, 0.1) is 0 Å². The third-order valence-corrected chi connectivity index (χ3v) is 1.35. The number of esters is 1. The Morgan fingerprint density at radius 3 is 2.38 bits per heavy atom. The quantitative estimate of drug-likeness (QED) is 0.340. The fraction of sp³-hybridized carbons (Fsp3) is 0.125. The van der Waals surface area contributed by atoms with E-state index < -0.39 is 23.2 Å². The van der Waals surface area contributed by atoms with Gasteiger partial charge in [0, 0.05) is 6.92 Å². The number of phenolic OH excluding ortho intramolecular Hbond substituents is 3. The van der Waals surface area contributed by atoms with E-state index in [0.29, 0.717) is 0 Å². The summed E-state index contributed by atoms with van der Waals surface area (Å²) in [5.74, 6) is -2.66. The van der Waals surface area contributed by atoms with Gasteiger partial charge in [0.15, 0.2) is 11.5 Å². The zero-order valence-corrected chi connectivity index (χ0v) is 6.81. The highest BCUT2D eigenvalue weighted by molar-refractivity contribution is 5.71. The molecule has 1 aromatic rings. The van der Waals surface area contributed by atoms with Gasteiger partial charge in [-0.15, -0.1) is 0 Å². The topological polar surface area (TPSA) is 87.0 Å². The monoisotopic (exact) mass is 184 g/mol. The van der Waals surface area contributed by atoms with Crippen LogP contribution in [0.4, 0.5) is 0 Å². The standard InChI is InChI=1S/C8H8O5/c1-4(9)13-6-3-2-5(10)7(11)8(6)12/h2-3,10-12H,1H3. The summed E-state index contributed by atoms with van der Waals surface area (Å²) in [5, 5.41) is 27.1. The first-order valence-corrected chi connectivity index (χ1v) is 3.44. The minimum atomic E-state index is -0.709. The average Bonchev–Trinajstić information content (AvgIpc) is 2.06. The summed E-state index contributed by atoms with van der Waals surface area (Å²) in [4.78, 5) is 10.5. The van der Waals surface area contributed by atoms with Crippen molar-refractivity contribution in [2.45, 2.75) is 6.92 Å². The highest BCUT2D eigenvalue weighted by Crippen LogP contribution is 2.41. The van der Waals surface area contributed by atoms with E-state index in [1.807, 2.05) is 0 Å². The molecule has 0 atom stereocenters. The van der Waals surface area contributed by atoms with E-state index in [1.165, 1.54) is 6.07 Å². The maximum Gasteiger partial charge on any atom is 0.308 e. The molecule has 0 unspecified atom stereocenters. The van der Waals surface area contributed by atoms with Crippen molar-refractivity contribution in [3.05, 3.63) is 12.1 Å². The summed E-state index contributed by atoms with van der Waals surface area (Å²) in [6.07, 6.45) is 0. The lowest BCUT2D eigenvalue weighted by Gasteiger charge is -2.05. The van der Waals surface area contributed by atoms with E-state index in [-0.39, 0.29) is 5.75 Å². The Morgan fingerprint density at radius 2 is 1.85 bits per heavy atom. The molecule has 70 valence electrons. The van der Waals surface area contributed by atoms with Crippen molar-refractivity contribution in [1.82, 2.24) is 0 Å². The Kier molecular flexibility index (Phi) is 2.27. The van der Waals surface area contributed by atoms with Gasteiger partial charge >= 0.3 is 5.97 Å². The first-order chi connectivity index (χ1) is 6.02. The zero-order valence-electron chi connectivity index (χ0n) is 6.81. The summed E-state index contributed by atoms with van der Waals surface area (Å²) in [7, 11) is 0. The van der Waals surface area contributed by atoms with E-state index in [2.05, 4.69) is 4.74 Å². The van der Waals surface area contributed by atoms with Gasteiger partial charge in [0.25, 0.3) is 0 Å². The second kappa shape index (κ2) is 3.22. The van der Waals surface area contributed by atoms with Gasteiger partial charge in [-0.3, -0.25) is 4.79 Å². The maximum atomic E-state index is 10.5. The molecule has 0 radical (unpaired) electrons. The average molecular weight is 184 g/mol. The number of hydrogen-bond donors (Lipinski definition) is 3. The van der Waals surface area contributed by atoms with Gasteiger partial charge in [-0.25, -0.2) is 0 Å². The third kappa shape index (κ3) is 1.81. The molecule has 0 amide bonds. The molecular formula is C8H8O5. The number of carbonyl (C=O) groups excluding carboxylic acids is 1. The van der Waals surface area contributed by atoms with Crippen molar-refractivity contribution in [2.24, 2.45) is 0 Å². The molecule has 3 N–H and O–H groups in total. The highest BCUT2D eigenvalue weighted by atomic mass is 16.5. The second-order valence-corrected chi connectivity index (χ2v) is 2.37. The summed E-state index contributed by atoms with van der Waals surface area (Å²) >= 11 is 0. The SMILES string of the molecule is CC(=O)Oc1ccc(O)c(O)c1O. The molecule has 5 nitrogen and oxygen atoms in total. The van der Waals surface area contributed by atoms with Crippen molar-refractivity contribution in [2.75, 3.05) is 0 Å². The number of rotatable bonds is 1. The Morgan fingerprint density at radius 1 is 1.23 bits per heavy atom. The van der Waals surface area contributed by atoms with Crippen molar-refractivity contribution in [3.8, 4) is 23.0 Å². The van der Waals surface area contributed by atoms with Gasteiger partial charge in [-0.2, -0.15) is 0 Å². The minimum absolute atomic E-state index is 0.192. The van der Waals surface area contributed by atoms with Crippen LogP contribution in [0.3, 0.4) is 0 Å². The summed E-state index contributed by atoms with van der Waals surface area (Å²) in [6.45, 7) is 1.16. The van der Waals surface area contributed by atoms with Gasteiger partial charge in [0.1, 0.15) is 0 Å². The Hall–Kier alpha value is -1.91. The zero-order chi connectivity index (χ0) is 10.0. The molecule has 0 aliphatic heterocycles. The van der Waals surface area contributed by atoms with E-state index in [4.69, 9.17) is 15.3 Å². The predicted molar refractivity (Wildman–Crippen MR) is 42.7 cm³/mol. The summed E-state index contributed by atoms with van der Waals surface area (Å²) in [6, 6.07) is 2.28. The largest absolute Gasteiger partial charge is 0.504 e. The Balaban J connectivity index is 3.10. The van der Waals surface area contributed by atoms with E-state index in [1.54, 1.807) is 0 Å². The van der Waals surface area contributed by atoms with Gasteiger partial charge < -0.3 is 20.1 Å². The normalized spacial score (nSPS) is 9.62. The van der Waals surface area contributed by atoms with Crippen LogP contribution in [0.1, 0.15) is 6.92 Å². The van der Waals surface area contributed by atoms with Crippen LogP contribution in [0.2, 0.25) is 0 Å². The van der Waals surface area contributed by atoms with Crippen LogP contribution in [0.25, 0.3) is 0 Å². The van der Waals surface area contributed by atoms with Gasteiger partial charge in [0.2, 0.25) is 11.5 Å². The number of ether oxygens (including phenoxy) is 1. The predicted octanol–water partition coefficient (Wildman–Crippen LogP) is 0.729. The molecule has 1 aromatic carbocycles. The van der Waals surface area contributed by atoms with E-state index in [9.17, 15) is 4.79 Å². The smallest absolute Gasteiger partial charge is 0.308 e. The second-order valence-electron chi connectivity index (χ2n) is 2.37. The molecule has 0 saturated heterocycles. The molecule has 0 aromatic heterocycles. The fourth-order valence-electron chi connectivity index (χ4n) is 0.788. The molecule has 1 rings (SSSR count). The molecule has 0 saturated carbocycles. The molecule has 5 heteroatoms. The van der Waals surface area contributed by atoms with Crippen molar-refractivity contribution >= 4 is 5.97 Å². The number of aromatic hydroxyl groups is 3. The first-order valence-electron chi connectivity index (χ1n) is 3.44. The Labute approximate surface area is 73.8 Å². The molecule has 0 aliphatic rings. The van der Waals surface area contributed by atoms with Gasteiger partial charge in [0.05, 0.1) is 0 Å². The van der Waals surface area contributed by atoms with Crippen LogP contribution in [0.5, 0.6) is 23.0 Å². The third-order valence-electron chi connectivity index (χ3n) is 1.35. The molecule has 0 fully saturated rings. The maximum absolute atomic E-state index is 10.5. The van der Waals surface area contributed by atoms with E-state index >= 15 is 0 Å². The molecule has 0 aliphatic carbocycles. The number of phenols is 3. The van der Waals surface area contributed by atoms with Crippen LogP contribution in [-0.2, 0) is 4.79 Å². The van der Waals surface area contributed by atoms with Crippen molar-refractivity contribution in [1.29, 1.82) is 0 Å². The minimum Gasteiger partial charge on any atom is -0.504 e. The summed E-state index contributed by atoms with van der Waals surface area (Å²) < 4.78 is 4.52. The van der Waals surface area contributed by atoms with Crippen LogP contribution < -0.4 is 4.74 Å². The van der Waals surface area contributed by atoms with Crippen LogP contribution in [-0.4, -0.2) is 21.3 Å². The lowest BCUT2D eigenvalue weighted by molar-refractivity contribution is -0.132. The fourth-order valence-corrected chi connectivity index (χ4v) is 0.788. The number of benzene rings is 1. The highest BCUT2D eigenvalue weighted by Gasteiger charge is 2.13. The number of carbonyl (C=O) groups is 1. The van der Waals surface area contributed by atoms with Crippen LogP contribution in [0.15, 0.2) is 12.1 Å². The molecule has 13 heavy (non-hydrogen) atoms. The van der Waals surface area contributed by atoms with Gasteiger partial charge in [-0.1, -0.05) is 0 Å². The number of hydrogen-bond acceptors (Lipinski definition) is 5. The molecule has 0 spiro atoms. The van der Waals surface area contributed by atoms with Gasteiger partial charge in [-0.05, 0) is 12.1 Å². The molecular weight excluding hydrogens is 176 g/mol. The van der Waals surface area contributed by atoms with Crippen LogP contribution >= 0.6 is 0 Å². The first kappa shape index (κ1) is 9.18. The molecule has 0 bridgehead atoms. The van der Waals surface area contributed by atoms with E-state index in [0.717, 1.165) is 13.0 Å². The Bertz CT molecular complexity index is 345.